The molecule has 1 saturated carbocycles. The molecule has 1 heterocycles. The molecule has 114 valence electrons. The van der Waals surface area contributed by atoms with E-state index in [9.17, 15) is 4.79 Å². The number of benzene rings is 1. The maximum absolute atomic E-state index is 12.5. The quantitative estimate of drug-likeness (QED) is 0.886. The van der Waals surface area contributed by atoms with Crippen molar-refractivity contribution in [3.63, 3.8) is 0 Å². The molecule has 1 aliphatic carbocycles. The van der Waals surface area contributed by atoms with Crippen LogP contribution in [0.2, 0.25) is 0 Å². The van der Waals surface area contributed by atoms with Gasteiger partial charge in [0.1, 0.15) is 0 Å². The molecule has 0 unspecified atom stereocenters. The average molecular weight is 297 g/mol. The molecule has 0 spiro atoms. The van der Waals surface area contributed by atoms with Gasteiger partial charge in [-0.05, 0) is 42.5 Å². The van der Waals surface area contributed by atoms with Crippen LogP contribution in [0.1, 0.15) is 36.3 Å². The molecule has 3 rings (SSSR count). The minimum Gasteiger partial charge on any atom is -0.361 e. The van der Waals surface area contributed by atoms with Crippen molar-refractivity contribution in [3.05, 3.63) is 35.5 Å². The van der Waals surface area contributed by atoms with Crippen molar-refractivity contribution in [1.29, 1.82) is 5.26 Å². The summed E-state index contributed by atoms with van der Waals surface area (Å²) in [4.78, 5) is 20.8. The third-order valence-corrected chi connectivity index (χ3v) is 4.66. The fraction of sp³-hybridized carbons (Fsp3) is 0.412. The second kappa shape index (κ2) is 5.82. The maximum Gasteiger partial charge on any atom is 0.249 e. The van der Waals surface area contributed by atoms with Crippen molar-refractivity contribution >= 4 is 16.8 Å². The van der Waals surface area contributed by atoms with Gasteiger partial charge in [0.15, 0.2) is 0 Å². The van der Waals surface area contributed by atoms with Crippen LogP contribution >= 0.6 is 0 Å². The number of H-pyrrole nitrogens is 1. The predicted molar refractivity (Wildman–Crippen MR) is 82.9 cm³/mol. The molecule has 1 aromatic carbocycles. The van der Waals surface area contributed by atoms with Crippen LogP contribution in [0.3, 0.4) is 0 Å². The number of rotatable bonds is 3. The zero-order valence-electron chi connectivity index (χ0n) is 12.8. The fourth-order valence-corrected chi connectivity index (χ4v) is 3.47. The van der Waals surface area contributed by atoms with Crippen molar-refractivity contribution in [2.24, 2.45) is 5.92 Å². The molecule has 1 aliphatic rings. The monoisotopic (exact) mass is 297 g/mol. The summed E-state index contributed by atoms with van der Waals surface area (Å²) in [5.74, 6) is 0.137. The van der Waals surface area contributed by atoms with E-state index in [1.807, 2.05) is 18.3 Å². The van der Waals surface area contributed by atoms with E-state index in [0.29, 0.717) is 5.56 Å². The molecule has 2 atom stereocenters. The lowest BCUT2D eigenvalue weighted by Crippen LogP contribution is -2.33. The maximum atomic E-state index is 12.5. The van der Waals surface area contributed by atoms with Crippen LogP contribution in [-0.4, -0.2) is 30.1 Å². The Labute approximate surface area is 129 Å². The van der Waals surface area contributed by atoms with Crippen LogP contribution in [0.15, 0.2) is 24.4 Å². The summed E-state index contributed by atoms with van der Waals surface area (Å²) in [6.45, 7) is 0. The highest BCUT2D eigenvalue weighted by atomic mass is 16.7. The van der Waals surface area contributed by atoms with Crippen molar-refractivity contribution in [3.8, 4) is 6.07 Å². The Kier molecular flexibility index (Phi) is 3.86. The number of nitriles is 1. The first kappa shape index (κ1) is 14.6. The van der Waals surface area contributed by atoms with E-state index < -0.39 is 0 Å². The normalized spacial score (nSPS) is 21.0. The minimum absolute atomic E-state index is 0.0239. The summed E-state index contributed by atoms with van der Waals surface area (Å²) in [7, 11) is 3.16. The number of amides is 1. The Hall–Kier alpha value is -2.32. The summed E-state index contributed by atoms with van der Waals surface area (Å²) in [5.41, 5.74) is 2.78. The number of nitrogens with zero attached hydrogens (tertiary/aromatic N) is 2. The third kappa shape index (κ3) is 2.36. The molecule has 1 aromatic heterocycles. The van der Waals surface area contributed by atoms with Crippen LogP contribution < -0.4 is 0 Å². The third-order valence-electron chi connectivity index (χ3n) is 4.66. The summed E-state index contributed by atoms with van der Waals surface area (Å²) in [5, 5.41) is 11.5. The number of carbonyl (C=O) groups is 1. The Morgan fingerprint density at radius 3 is 3.00 bits per heavy atom. The van der Waals surface area contributed by atoms with Gasteiger partial charge in [-0.15, -0.1) is 0 Å². The summed E-state index contributed by atoms with van der Waals surface area (Å²) < 4.78 is 0. The topological polar surface area (TPSA) is 69.1 Å². The highest BCUT2D eigenvalue weighted by Crippen LogP contribution is 2.43. The van der Waals surface area contributed by atoms with Gasteiger partial charge < -0.3 is 4.98 Å². The largest absolute Gasteiger partial charge is 0.361 e. The van der Waals surface area contributed by atoms with Gasteiger partial charge in [0.05, 0.1) is 18.7 Å². The van der Waals surface area contributed by atoms with E-state index in [1.165, 1.54) is 12.2 Å². The Bertz CT molecular complexity index is 744. The number of aromatic nitrogens is 1. The van der Waals surface area contributed by atoms with Crippen molar-refractivity contribution in [2.45, 2.75) is 25.2 Å². The van der Waals surface area contributed by atoms with E-state index in [2.05, 4.69) is 11.1 Å². The van der Waals surface area contributed by atoms with Gasteiger partial charge in [-0.2, -0.15) is 5.26 Å². The fourth-order valence-electron chi connectivity index (χ4n) is 3.47. The molecule has 1 fully saturated rings. The van der Waals surface area contributed by atoms with E-state index >= 15 is 0 Å². The molecule has 22 heavy (non-hydrogen) atoms. The van der Waals surface area contributed by atoms with Crippen LogP contribution in [0.5, 0.6) is 0 Å². The first-order chi connectivity index (χ1) is 10.7. The molecular formula is C17H19N3O2. The van der Waals surface area contributed by atoms with Gasteiger partial charge >= 0.3 is 0 Å². The molecule has 0 bridgehead atoms. The number of hydrogen-bond acceptors (Lipinski definition) is 3. The Morgan fingerprint density at radius 2 is 2.27 bits per heavy atom. The number of nitrogens with one attached hydrogen (secondary N) is 1. The lowest BCUT2D eigenvalue weighted by Gasteiger charge is -2.23. The molecule has 0 radical (unpaired) electrons. The first-order valence-electron chi connectivity index (χ1n) is 7.48. The number of hydrogen-bond donors (Lipinski definition) is 1. The van der Waals surface area contributed by atoms with Crippen LogP contribution in [0.25, 0.3) is 10.9 Å². The summed E-state index contributed by atoms with van der Waals surface area (Å²) in [6, 6.07) is 7.81. The smallest absolute Gasteiger partial charge is 0.249 e. The molecule has 0 aliphatic heterocycles. The second-order valence-corrected chi connectivity index (χ2v) is 5.78. The molecule has 5 nitrogen and oxygen atoms in total. The summed E-state index contributed by atoms with van der Waals surface area (Å²) in [6.07, 6.45) is 4.87. The Morgan fingerprint density at radius 1 is 1.45 bits per heavy atom. The van der Waals surface area contributed by atoms with E-state index in [1.54, 1.807) is 13.1 Å². The lowest BCUT2D eigenvalue weighted by molar-refractivity contribution is -0.173. The Balaban J connectivity index is 1.99. The summed E-state index contributed by atoms with van der Waals surface area (Å²) >= 11 is 0. The molecule has 5 heteroatoms. The van der Waals surface area contributed by atoms with Crippen molar-refractivity contribution in [1.82, 2.24) is 10.0 Å². The van der Waals surface area contributed by atoms with Crippen LogP contribution in [0, 0.1) is 17.2 Å². The molecule has 2 aromatic rings. The highest BCUT2D eigenvalue weighted by molar-refractivity contribution is 5.87. The second-order valence-electron chi connectivity index (χ2n) is 5.78. The number of fused-ring (bicyclic) bond motifs is 1. The van der Waals surface area contributed by atoms with Gasteiger partial charge in [0.2, 0.25) is 5.91 Å². The molecule has 0 saturated heterocycles. The van der Waals surface area contributed by atoms with Crippen LogP contribution in [-0.2, 0) is 9.63 Å². The number of carbonyl (C=O) groups excluding carboxylic acids is 1. The number of hydroxylamine groups is 2. The predicted octanol–water partition coefficient (Wildman–Crippen LogP) is 2.94. The SMILES string of the molecule is CON(C)C(=O)[C@@H]1CCC[C@H]1c1c[nH]c2ccc(C#N)cc12. The molecule has 1 amide bonds. The van der Waals surface area contributed by atoms with Gasteiger partial charge in [0, 0.05) is 30.1 Å². The van der Waals surface area contributed by atoms with Crippen molar-refractivity contribution in [2.75, 3.05) is 14.2 Å². The van der Waals surface area contributed by atoms with Crippen molar-refractivity contribution < 1.29 is 9.63 Å². The van der Waals surface area contributed by atoms with Gasteiger partial charge in [-0.25, -0.2) is 5.06 Å². The van der Waals surface area contributed by atoms with Gasteiger partial charge in [0.25, 0.3) is 0 Å². The van der Waals surface area contributed by atoms with Crippen LogP contribution in [0.4, 0.5) is 0 Å². The highest BCUT2D eigenvalue weighted by Gasteiger charge is 2.37. The van der Waals surface area contributed by atoms with Gasteiger partial charge in [-0.3, -0.25) is 9.63 Å². The average Bonchev–Trinajstić information content (AvgIpc) is 3.18. The number of aromatic amines is 1. The first-order valence-corrected chi connectivity index (χ1v) is 7.48. The van der Waals surface area contributed by atoms with E-state index in [4.69, 9.17) is 10.1 Å². The molecular weight excluding hydrogens is 278 g/mol. The zero-order chi connectivity index (χ0) is 15.7. The minimum atomic E-state index is -0.0605. The van der Waals surface area contributed by atoms with E-state index in [0.717, 1.165) is 35.7 Å². The van der Waals surface area contributed by atoms with E-state index in [-0.39, 0.29) is 17.7 Å². The van der Waals surface area contributed by atoms with Gasteiger partial charge in [-0.1, -0.05) is 6.42 Å². The standard InChI is InChI=1S/C17H19N3O2/c1-20(22-2)17(21)13-5-3-4-12(13)15-10-19-16-7-6-11(9-18)8-14(15)16/h6-8,10,12-13,19H,3-5H2,1-2H3/t12-,13-/m1/s1. The molecule has 1 N–H and O–H groups in total. The zero-order valence-corrected chi connectivity index (χ0v) is 12.8. The lowest BCUT2D eigenvalue weighted by atomic mass is 9.87.